The molecule has 1 unspecified atom stereocenters. The number of nitrogens with zero attached hydrogens (tertiary/aromatic N) is 3. The second kappa shape index (κ2) is 10.5. The molecule has 29 heavy (non-hydrogen) atoms. The Balaban J connectivity index is 2.01. The van der Waals surface area contributed by atoms with Crippen molar-refractivity contribution in [2.24, 2.45) is 4.99 Å². The number of likely N-dealkylation sites (tertiary alicyclic amines) is 1. The van der Waals surface area contributed by atoms with Crippen LogP contribution in [0.5, 0.6) is 0 Å². The average molecular weight is 413 g/mol. The molecule has 0 aromatic heterocycles. The second-order valence-corrected chi connectivity index (χ2v) is 7.31. The van der Waals surface area contributed by atoms with Crippen LogP contribution in [0.1, 0.15) is 30.9 Å². The van der Waals surface area contributed by atoms with Gasteiger partial charge in [0.15, 0.2) is 5.96 Å². The van der Waals surface area contributed by atoms with Crippen LogP contribution >= 0.6 is 0 Å². The molecule has 1 heterocycles. The fourth-order valence-electron chi connectivity index (χ4n) is 3.22. The lowest BCUT2D eigenvalue weighted by Gasteiger charge is -2.24. The minimum atomic E-state index is -4.35. The van der Waals surface area contributed by atoms with E-state index in [1.807, 2.05) is 0 Å². The third-order valence-electron chi connectivity index (χ3n) is 5.02. The van der Waals surface area contributed by atoms with Gasteiger partial charge in [-0.1, -0.05) is 19.1 Å². The minimum absolute atomic E-state index is 0.0913. The largest absolute Gasteiger partial charge is 0.416 e. The SMILES string of the molecule is CCN1CCCC1CNC(=NCc1ccc(C(F)(F)F)cc1)NCC(=O)N(C)C. The summed E-state index contributed by atoms with van der Waals surface area (Å²) in [5.74, 6) is 0.383. The molecule has 1 amide bonds. The molecule has 1 atom stereocenters. The van der Waals surface area contributed by atoms with E-state index in [0.717, 1.165) is 38.1 Å². The summed E-state index contributed by atoms with van der Waals surface area (Å²) >= 11 is 0. The van der Waals surface area contributed by atoms with Gasteiger partial charge in [0.25, 0.3) is 0 Å². The Morgan fingerprint density at radius 3 is 2.52 bits per heavy atom. The first-order valence-corrected chi connectivity index (χ1v) is 9.83. The zero-order valence-electron chi connectivity index (χ0n) is 17.2. The van der Waals surface area contributed by atoms with Crippen LogP contribution in [0.2, 0.25) is 0 Å². The molecule has 6 nitrogen and oxygen atoms in total. The molecule has 0 spiro atoms. The van der Waals surface area contributed by atoms with Gasteiger partial charge in [-0.2, -0.15) is 13.2 Å². The molecule has 1 aliphatic rings. The third kappa shape index (κ3) is 7.23. The Morgan fingerprint density at radius 1 is 1.24 bits per heavy atom. The number of nitrogens with one attached hydrogen (secondary N) is 2. The summed E-state index contributed by atoms with van der Waals surface area (Å²) in [7, 11) is 3.35. The van der Waals surface area contributed by atoms with Crippen molar-refractivity contribution in [3.8, 4) is 0 Å². The van der Waals surface area contributed by atoms with Crippen LogP contribution in [0.25, 0.3) is 0 Å². The fourth-order valence-corrected chi connectivity index (χ4v) is 3.22. The normalized spacial score (nSPS) is 18.0. The van der Waals surface area contributed by atoms with E-state index in [9.17, 15) is 18.0 Å². The Labute approximate surface area is 170 Å². The van der Waals surface area contributed by atoms with Crippen LogP contribution < -0.4 is 10.6 Å². The summed E-state index contributed by atoms with van der Waals surface area (Å²) in [6.45, 7) is 5.19. The highest BCUT2D eigenvalue weighted by Crippen LogP contribution is 2.29. The summed E-state index contributed by atoms with van der Waals surface area (Å²) in [4.78, 5) is 20.2. The number of aliphatic imine (C=N–C) groups is 1. The Hall–Kier alpha value is -2.29. The molecule has 0 saturated carbocycles. The molecule has 1 aromatic rings. The number of benzene rings is 1. The number of carbonyl (C=O) groups is 1. The minimum Gasteiger partial charge on any atom is -0.355 e. The molecule has 0 radical (unpaired) electrons. The molecule has 1 aromatic carbocycles. The van der Waals surface area contributed by atoms with Crippen LogP contribution in [0.15, 0.2) is 29.3 Å². The summed E-state index contributed by atoms with van der Waals surface area (Å²) in [6, 6.07) is 5.36. The first-order chi connectivity index (χ1) is 13.7. The van der Waals surface area contributed by atoms with E-state index >= 15 is 0 Å². The van der Waals surface area contributed by atoms with Gasteiger partial charge >= 0.3 is 6.18 Å². The number of rotatable bonds is 7. The summed E-state index contributed by atoms with van der Waals surface area (Å²) in [5.41, 5.74) is -0.0201. The predicted octanol–water partition coefficient (Wildman–Crippen LogP) is 2.31. The number of alkyl halides is 3. The molecule has 162 valence electrons. The summed E-state index contributed by atoms with van der Waals surface area (Å²) < 4.78 is 38.1. The van der Waals surface area contributed by atoms with Crippen LogP contribution in [-0.4, -0.2) is 68.0 Å². The smallest absolute Gasteiger partial charge is 0.355 e. The topological polar surface area (TPSA) is 60.0 Å². The third-order valence-corrected chi connectivity index (χ3v) is 5.02. The lowest BCUT2D eigenvalue weighted by molar-refractivity contribution is -0.137. The zero-order chi connectivity index (χ0) is 21.4. The van der Waals surface area contributed by atoms with Crippen molar-refractivity contribution in [3.63, 3.8) is 0 Å². The van der Waals surface area contributed by atoms with Gasteiger partial charge in [0.1, 0.15) is 0 Å². The van der Waals surface area contributed by atoms with Gasteiger partial charge < -0.3 is 15.5 Å². The number of amides is 1. The molecule has 1 aliphatic heterocycles. The quantitative estimate of drug-likeness (QED) is 0.532. The van der Waals surface area contributed by atoms with Crippen molar-refractivity contribution in [1.82, 2.24) is 20.4 Å². The monoisotopic (exact) mass is 413 g/mol. The molecular weight excluding hydrogens is 383 g/mol. The van der Waals surface area contributed by atoms with Gasteiger partial charge in [-0.3, -0.25) is 9.69 Å². The number of halogens is 3. The van der Waals surface area contributed by atoms with Crippen molar-refractivity contribution in [1.29, 1.82) is 0 Å². The van der Waals surface area contributed by atoms with E-state index in [0.29, 0.717) is 24.1 Å². The maximum Gasteiger partial charge on any atom is 0.416 e. The molecular formula is C20H30F3N5O. The number of carbonyl (C=O) groups excluding carboxylic acids is 1. The van der Waals surface area contributed by atoms with Crippen LogP contribution in [0.3, 0.4) is 0 Å². The van der Waals surface area contributed by atoms with E-state index in [4.69, 9.17) is 0 Å². The van der Waals surface area contributed by atoms with E-state index < -0.39 is 11.7 Å². The first kappa shape index (κ1) is 23.0. The standard InChI is InChI=1S/C20H30F3N5O/c1-4-28-11-5-6-17(28)13-25-19(26-14-18(29)27(2)3)24-12-15-7-9-16(10-8-15)20(21,22)23/h7-10,17H,4-6,11-14H2,1-3H3,(H2,24,25,26). The van der Waals surface area contributed by atoms with Crippen molar-refractivity contribution in [2.75, 3.05) is 40.3 Å². The van der Waals surface area contributed by atoms with E-state index in [-0.39, 0.29) is 19.0 Å². The van der Waals surface area contributed by atoms with E-state index in [1.165, 1.54) is 17.0 Å². The van der Waals surface area contributed by atoms with Gasteiger partial charge in [0.2, 0.25) is 5.91 Å². The first-order valence-electron chi connectivity index (χ1n) is 9.83. The van der Waals surface area contributed by atoms with Gasteiger partial charge in [0, 0.05) is 26.7 Å². The van der Waals surface area contributed by atoms with Crippen LogP contribution in [0.4, 0.5) is 13.2 Å². The Kier molecular flexibility index (Phi) is 8.31. The number of hydrogen-bond acceptors (Lipinski definition) is 3. The maximum absolute atomic E-state index is 12.7. The molecule has 1 fully saturated rings. The highest BCUT2D eigenvalue weighted by Gasteiger charge is 2.29. The highest BCUT2D eigenvalue weighted by molar-refractivity contribution is 5.86. The van der Waals surface area contributed by atoms with Gasteiger partial charge in [-0.25, -0.2) is 4.99 Å². The van der Waals surface area contributed by atoms with Crippen molar-refractivity contribution in [3.05, 3.63) is 35.4 Å². The fraction of sp³-hybridized carbons (Fsp3) is 0.600. The molecule has 1 saturated heterocycles. The average Bonchev–Trinajstić information content (AvgIpc) is 3.14. The number of likely N-dealkylation sites (N-methyl/N-ethyl adjacent to an activating group) is 2. The van der Waals surface area contributed by atoms with Gasteiger partial charge in [-0.15, -0.1) is 0 Å². The van der Waals surface area contributed by atoms with Crippen molar-refractivity contribution >= 4 is 11.9 Å². The van der Waals surface area contributed by atoms with Gasteiger partial charge in [-0.05, 0) is 43.6 Å². The Bertz CT molecular complexity index is 688. The lowest BCUT2D eigenvalue weighted by Crippen LogP contribution is -2.47. The maximum atomic E-state index is 12.7. The highest BCUT2D eigenvalue weighted by atomic mass is 19.4. The molecule has 2 N–H and O–H groups in total. The van der Waals surface area contributed by atoms with E-state index in [2.05, 4.69) is 27.4 Å². The number of hydrogen-bond donors (Lipinski definition) is 2. The Morgan fingerprint density at radius 2 is 1.93 bits per heavy atom. The molecule has 9 heteroatoms. The number of guanidine groups is 1. The molecule has 0 aliphatic carbocycles. The van der Waals surface area contributed by atoms with E-state index in [1.54, 1.807) is 14.1 Å². The predicted molar refractivity (Wildman–Crippen MR) is 108 cm³/mol. The van der Waals surface area contributed by atoms with Crippen LogP contribution in [-0.2, 0) is 17.5 Å². The lowest BCUT2D eigenvalue weighted by atomic mass is 10.1. The van der Waals surface area contributed by atoms with Crippen molar-refractivity contribution < 1.29 is 18.0 Å². The summed E-state index contributed by atoms with van der Waals surface area (Å²) in [6.07, 6.45) is -2.09. The summed E-state index contributed by atoms with van der Waals surface area (Å²) in [5, 5.41) is 6.29. The van der Waals surface area contributed by atoms with Crippen molar-refractivity contribution in [2.45, 2.75) is 38.5 Å². The molecule has 0 bridgehead atoms. The zero-order valence-corrected chi connectivity index (χ0v) is 17.2. The molecule has 2 rings (SSSR count). The second-order valence-electron chi connectivity index (χ2n) is 7.31. The van der Waals surface area contributed by atoms with Crippen LogP contribution in [0, 0.1) is 0 Å². The van der Waals surface area contributed by atoms with Gasteiger partial charge in [0.05, 0.1) is 18.7 Å².